The van der Waals surface area contributed by atoms with Crippen molar-refractivity contribution in [3.63, 3.8) is 0 Å². The van der Waals surface area contributed by atoms with Gasteiger partial charge in [-0.1, -0.05) is 115 Å². The maximum Gasteiger partial charge on any atom is 0.0525 e. The van der Waals surface area contributed by atoms with Crippen LogP contribution in [0.5, 0.6) is 0 Å². The van der Waals surface area contributed by atoms with E-state index in [9.17, 15) is 18.6 Å². The molecular formula is C40H68O6S2. The van der Waals surface area contributed by atoms with Gasteiger partial charge in [0.25, 0.3) is 0 Å². The lowest BCUT2D eigenvalue weighted by atomic mass is 9.79. The Morgan fingerprint density at radius 3 is 1.04 bits per heavy atom. The minimum atomic E-state index is -0.869. The third kappa shape index (κ3) is 18.0. The highest BCUT2D eigenvalue weighted by Crippen LogP contribution is 2.30. The Kier molecular flexibility index (Phi) is 21.5. The number of aliphatic hydroxyl groups is 4. The summed E-state index contributed by atoms with van der Waals surface area (Å²) in [6, 6.07) is 20.1. The van der Waals surface area contributed by atoms with Gasteiger partial charge in [-0.2, -0.15) is 0 Å². The SMILES string of the molecule is CC(C)(CO)CCCCS(=O)CCCCC(C)(C)CO.CC(CO)(CCCS(=O)CCCC(C)(CO)c1ccccc1)c1ccccc1. The molecule has 0 aromatic heterocycles. The van der Waals surface area contributed by atoms with Crippen molar-refractivity contribution in [3.8, 4) is 0 Å². The van der Waals surface area contributed by atoms with Crippen molar-refractivity contribution < 1.29 is 28.8 Å². The van der Waals surface area contributed by atoms with Crippen molar-refractivity contribution >= 4 is 21.6 Å². The van der Waals surface area contributed by atoms with Crippen molar-refractivity contribution in [2.24, 2.45) is 10.8 Å². The topological polar surface area (TPSA) is 115 Å². The molecule has 0 saturated heterocycles. The molecule has 2 unspecified atom stereocenters. The average molecular weight is 709 g/mol. The molecule has 0 saturated carbocycles. The molecule has 0 aliphatic heterocycles. The van der Waals surface area contributed by atoms with Gasteiger partial charge in [0, 0.05) is 68.7 Å². The van der Waals surface area contributed by atoms with Gasteiger partial charge < -0.3 is 20.4 Å². The molecule has 0 aliphatic carbocycles. The lowest BCUT2D eigenvalue weighted by Crippen LogP contribution is -2.28. The second-order valence-electron chi connectivity index (χ2n) is 15.6. The zero-order chi connectivity index (χ0) is 36.1. The second-order valence-corrected chi connectivity index (χ2v) is 19.0. The standard InChI is InChI=1S/C24H34O3S.C16H34O3S/c1-23(19-25,21-11-5-3-6-12-21)15-9-17-28(27)18-10-16-24(2,20-26)22-13-7-4-8-14-22;1-15(2,13-17)9-5-7-11-20(19)12-8-6-10-16(3,4)14-18/h3-8,11-14,25-26H,9-10,15-20H2,1-2H3;17-18H,5-14H2,1-4H3. The molecule has 0 heterocycles. The molecule has 0 amide bonds. The minimum absolute atomic E-state index is 0.00261. The molecule has 0 bridgehead atoms. The highest BCUT2D eigenvalue weighted by molar-refractivity contribution is 7.85. The van der Waals surface area contributed by atoms with E-state index in [4.69, 9.17) is 10.2 Å². The highest BCUT2D eigenvalue weighted by atomic mass is 32.2. The first kappa shape index (κ1) is 44.6. The van der Waals surface area contributed by atoms with E-state index in [0.717, 1.165) is 86.8 Å². The van der Waals surface area contributed by atoms with Crippen LogP contribution in [-0.4, -0.2) is 78.3 Å². The zero-order valence-corrected chi connectivity index (χ0v) is 32.6. The van der Waals surface area contributed by atoms with E-state index in [1.54, 1.807) is 0 Å². The van der Waals surface area contributed by atoms with E-state index in [1.165, 1.54) is 0 Å². The smallest absolute Gasteiger partial charge is 0.0525 e. The first-order valence-electron chi connectivity index (χ1n) is 17.9. The van der Waals surface area contributed by atoms with Crippen LogP contribution in [0.2, 0.25) is 0 Å². The summed E-state index contributed by atoms with van der Waals surface area (Å²) in [6.07, 6.45) is 9.32. The van der Waals surface area contributed by atoms with Gasteiger partial charge >= 0.3 is 0 Å². The summed E-state index contributed by atoms with van der Waals surface area (Å²) in [5.74, 6) is 2.88. The predicted molar refractivity (Wildman–Crippen MR) is 205 cm³/mol. The van der Waals surface area contributed by atoms with Gasteiger partial charge in [-0.15, -0.1) is 0 Å². The fourth-order valence-corrected chi connectivity index (χ4v) is 8.05. The van der Waals surface area contributed by atoms with Crippen molar-refractivity contribution in [1.29, 1.82) is 0 Å². The summed E-state index contributed by atoms with van der Waals surface area (Å²) >= 11 is 0. The van der Waals surface area contributed by atoms with Crippen LogP contribution in [-0.2, 0) is 32.4 Å². The molecule has 2 aromatic carbocycles. The summed E-state index contributed by atoms with van der Waals surface area (Å²) in [5.41, 5.74) is 1.69. The van der Waals surface area contributed by atoms with Gasteiger partial charge in [0.05, 0.1) is 13.2 Å². The third-order valence-electron chi connectivity index (χ3n) is 9.65. The van der Waals surface area contributed by atoms with Gasteiger partial charge in [0.15, 0.2) is 0 Å². The molecule has 8 heteroatoms. The van der Waals surface area contributed by atoms with Crippen molar-refractivity contribution in [2.75, 3.05) is 49.4 Å². The monoisotopic (exact) mass is 708 g/mol. The lowest BCUT2D eigenvalue weighted by Gasteiger charge is -2.28. The predicted octanol–water partition coefficient (Wildman–Crippen LogP) is 7.31. The fourth-order valence-electron chi connectivity index (χ4n) is 5.65. The molecule has 0 spiro atoms. The fraction of sp³-hybridized carbons (Fsp3) is 0.700. The minimum Gasteiger partial charge on any atom is -0.396 e. The molecule has 0 radical (unpaired) electrons. The Morgan fingerprint density at radius 1 is 0.438 bits per heavy atom. The molecule has 4 N–H and O–H groups in total. The van der Waals surface area contributed by atoms with E-state index >= 15 is 0 Å². The van der Waals surface area contributed by atoms with Gasteiger partial charge in [0.1, 0.15) is 0 Å². The average Bonchev–Trinajstić information content (AvgIpc) is 3.09. The van der Waals surface area contributed by atoms with E-state index in [2.05, 4.69) is 41.5 Å². The molecule has 2 aromatic rings. The summed E-state index contributed by atoms with van der Waals surface area (Å²) < 4.78 is 24.3. The quantitative estimate of drug-likeness (QED) is 0.0851. The van der Waals surface area contributed by atoms with Crippen molar-refractivity contribution in [2.45, 2.75) is 117 Å². The van der Waals surface area contributed by atoms with Crippen LogP contribution < -0.4 is 0 Å². The number of unbranched alkanes of at least 4 members (excludes halogenated alkanes) is 2. The lowest BCUT2D eigenvalue weighted by molar-refractivity contribution is 0.147. The molecule has 6 nitrogen and oxygen atoms in total. The third-order valence-corrected chi connectivity index (χ3v) is 12.6. The first-order chi connectivity index (χ1) is 22.7. The van der Waals surface area contributed by atoms with Crippen LogP contribution in [0.15, 0.2) is 60.7 Å². The van der Waals surface area contributed by atoms with Crippen LogP contribution in [0.25, 0.3) is 0 Å². The zero-order valence-electron chi connectivity index (χ0n) is 30.9. The van der Waals surface area contributed by atoms with Gasteiger partial charge in [-0.05, 0) is 73.3 Å². The second kappa shape index (κ2) is 23.1. The maximum atomic E-state index is 12.5. The van der Waals surface area contributed by atoms with Gasteiger partial charge in [-0.25, -0.2) is 0 Å². The van der Waals surface area contributed by atoms with E-state index < -0.39 is 21.6 Å². The van der Waals surface area contributed by atoms with Gasteiger partial charge in [0.2, 0.25) is 0 Å². The van der Waals surface area contributed by atoms with Crippen molar-refractivity contribution in [3.05, 3.63) is 71.8 Å². The van der Waals surface area contributed by atoms with E-state index in [1.807, 2.05) is 60.7 Å². The van der Waals surface area contributed by atoms with Crippen LogP contribution in [0.1, 0.15) is 117 Å². The molecule has 48 heavy (non-hydrogen) atoms. The Morgan fingerprint density at radius 2 is 0.750 bits per heavy atom. The normalized spacial score (nSPS) is 15.3. The number of aliphatic hydroxyl groups excluding tert-OH is 4. The Labute approximate surface area is 298 Å². The molecule has 276 valence electrons. The number of benzene rings is 2. The molecule has 0 fully saturated rings. The molecule has 2 rings (SSSR count). The largest absolute Gasteiger partial charge is 0.396 e. The number of hydrogen-bond acceptors (Lipinski definition) is 6. The summed E-state index contributed by atoms with van der Waals surface area (Å²) in [5, 5.41) is 38.0. The van der Waals surface area contributed by atoms with E-state index in [0.29, 0.717) is 11.5 Å². The van der Waals surface area contributed by atoms with Crippen LogP contribution in [0.4, 0.5) is 0 Å². The first-order valence-corrected chi connectivity index (χ1v) is 20.9. The summed E-state index contributed by atoms with van der Waals surface area (Å²) in [4.78, 5) is 0. The van der Waals surface area contributed by atoms with Crippen LogP contribution >= 0.6 is 0 Å². The van der Waals surface area contributed by atoms with E-state index in [-0.39, 0.29) is 48.1 Å². The number of rotatable bonds is 24. The molecular weight excluding hydrogens is 641 g/mol. The van der Waals surface area contributed by atoms with Crippen molar-refractivity contribution in [1.82, 2.24) is 0 Å². The Balaban J connectivity index is 0.000000511. The summed E-state index contributed by atoms with van der Waals surface area (Å²) in [6.45, 7) is 13.0. The Bertz CT molecular complexity index is 1070. The van der Waals surface area contributed by atoms with Gasteiger partial charge in [-0.3, -0.25) is 8.42 Å². The number of hydrogen-bond donors (Lipinski definition) is 4. The highest BCUT2D eigenvalue weighted by Gasteiger charge is 2.27. The molecule has 2 atom stereocenters. The maximum absolute atomic E-state index is 12.5. The summed E-state index contributed by atoms with van der Waals surface area (Å²) in [7, 11) is -1.57. The Hall–Kier alpha value is -1.42. The van der Waals surface area contributed by atoms with Crippen LogP contribution in [0.3, 0.4) is 0 Å². The molecule has 0 aliphatic rings. The van der Waals surface area contributed by atoms with Crippen LogP contribution in [0, 0.1) is 10.8 Å².